The second-order valence-electron chi connectivity index (χ2n) is 5.05. The summed E-state index contributed by atoms with van der Waals surface area (Å²) in [5.41, 5.74) is 7.21. The van der Waals surface area contributed by atoms with Crippen LogP contribution in [-0.4, -0.2) is 30.6 Å². The van der Waals surface area contributed by atoms with E-state index < -0.39 is 5.97 Å². The molecule has 2 heterocycles. The van der Waals surface area contributed by atoms with E-state index in [9.17, 15) is 4.79 Å². The summed E-state index contributed by atoms with van der Waals surface area (Å²) in [6.07, 6.45) is 4.76. The van der Waals surface area contributed by atoms with Gasteiger partial charge in [-0.15, -0.1) is 0 Å². The van der Waals surface area contributed by atoms with Crippen LogP contribution in [0.2, 0.25) is 0 Å². The number of aliphatic carboxylic acids is 1. The third kappa shape index (κ3) is 2.32. The van der Waals surface area contributed by atoms with Crippen molar-refractivity contribution in [1.29, 1.82) is 0 Å². The molecule has 0 radical (unpaired) electrons. The van der Waals surface area contributed by atoms with Gasteiger partial charge in [-0.05, 0) is 25.7 Å². The van der Waals surface area contributed by atoms with Crippen LogP contribution in [0.5, 0.6) is 0 Å². The number of imidazole rings is 1. The fourth-order valence-electron chi connectivity index (χ4n) is 2.78. The molecular weight excluding hydrogens is 373 g/mol. The van der Waals surface area contributed by atoms with Crippen molar-refractivity contribution in [2.24, 2.45) is 5.92 Å². The Morgan fingerprint density at radius 3 is 2.70 bits per heavy atom. The highest BCUT2D eigenvalue weighted by molar-refractivity contribution is 14.1. The lowest BCUT2D eigenvalue weighted by molar-refractivity contribution is -0.143. The van der Waals surface area contributed by atoms with Crippen molar-refractivity contribution >= 4 is 45.5 Å². The van der Waals surface area contributed by atoms with Crippen molar-refractivity contribution in [1.82, 2.24) is 19.5 Å². The number of carboxylic acid groups (broad SMARTS) is 1. The first-order valence-electron chi connectivity index (χ1n) is 6.44. The second-order valence-corrected chi connectivity index (χ2v) is 6.01. The lowest BCUT2D eigenvalue weighted by atomic mass is 9.86. The summed E-state index contributed by atoms with van der Waals surface area (Å²) in [4.78, 5) is 23.8. The highest BCUT2D eigenvalue weighted by Gasteiger charge is 2.28. The zero-order chi connectivity index (χ0) is 14.3. The molecule has 1 aliphatic carbocycles. The fraction of sp³-hybridized carbons (Fsp3) is 0.500. The largest absolute Gasteiger partial charge is 0.481 e. The first kappa shape index (κ1) is 13.5. The molecule has 0 amide bonds. The van der Waals surface area contributed by atoms with Gasteiger partial charge < -0.3 is 15.4 Å². The first-order chi connectivity index (χ1) is 9.56. The Bertz CT molecular complexity index is 663. The van der Waals surface area contributed by atoms with Crippen LogP contribution in [0.1, 0.15) is 31.7 Å². The van der Waals surface area contributed by atoms with E-state index in [1.54, 1.807) is 6.33 Å². The molecular formula is C12H14IN5O2. The summed E-state index contributed by atoms with van der Waals surface area (Å²) < 4.78 is 2.60. The van der Waals surface area contributed by atoms with Gasteiger partial charge in [-0.2, -0.15) is 0 Å². The molecule has 0 aromatic carbocycles. The normalized spacial score (nSPS) is 23.1. The molecule has 0 unspecified atom stereocenters. The minimum atomic E-state index is -0.694. The average Bonchev–Trinajstić information content (AvgIpc) is 2.82. The molecule has 3 N–H and O–H groups in total. The summed E-state index contributed by atoms with van der Waals surface area (Å²) in [6, 6.07) is 0.237. The maximum absolute atomic E-state index is 11.0. The van der Waals surface area contributed by atoms with Crippen molar-refractivity contribution in [2.75, 3.05) is 5.73 Å². The lowest BCUT2D eigenvalue weighted by Crippen LogP contribution is -2.23. The van der Waals surface area contributed by atoms with E-state index in [1.807, 2.05) is 27.2 Å². The molecule has 0 aliphatic heterocycles. The number of rotatable bonds is 2. The van der Waals surface area contributed by atoms with E-state index in [2.05, 4.69) is 15.0 Å². The van der Waals surface area contributed by atoms with Crippen molar-refractivity contribution in [3.8, 4) is 0 Å². The molecule has 8 heteroatoms. The van der Waals surface area contributed by atoms with Gasteiger partial charge in [-0.3, -0.25) is 4.79 Å². The van der Waals surface area contributed by atoms with Gasteiger partial charge in [0.1, 0.15) is 5.52 Å². The van der Waals surface area contributed by atoms with Crippen molar-refractivity contribution in [2.45, 2.75) is 31.7 Å². The SMILES string of the molecule is Nc1nc(I)nc2c1ncn2C1CCC(C(=O)O)CC1. The minimum Gasteiger partial charge on any atom is -0.481 e. The quantitative estimate of drug-likeness (QED) is 0.602. The topological polar surface area (TPSA) is 107 Å². The van der Waals surface area contributed by atoms with Crippen LogP contribution in [0, 0.1) is 9.75 Å². The molecule has 0 atom stereocenters. The molecule has 3 rings (SSSR count). The molecule has 0 spiro atoms. The zero-order valence-electron chi connectivity index (χ0n) is 10.7. The van der Waals surface area contributed by atoms with Gasteiger partial charge in [0.15, 0.2) is 15.3 Å². The second kappa shape index (κ2) is 5.15. The molecule has 0 saturated heterocycles. The van der Waals surface area contributed by atoms with Crippen LogP contribution < -0.4 is 5.73 Å². The number of nitrogens with two attached hydrogens (primary N) is 1. The predicted octanol–water partition coefficient (Wildman–Crippen LogP) is 1.83. The molecule has 1 aliphatic rings. The van der Waals surface area contributed by atoms with Crippen LogP contribution in [0.15, 0.2) is 6.33 Å². The maximum Gasteiger partial charge on any atom is 0.306 e. The van der Waals surface area contributed by atoms with Crippen LogP contribution >= 0.6 is 22.6 Å². The van der Waals surface area contributed by atoms with Gasteiger partial charge in [-0.1, -0.05) is 0 Å². The van der Waals surface area contributed by atoms with Gasteiger partial charge in [0.25, 0.3) is 0 Å². The van der Waals surface area contributed by atoms with Crippen molar-refractivity contribution in [3.63, 3.8) is 0 Å². The molecule has 2 aromatic rings. The van der Waals surface area contributed by atoms with Crippen LogP contribution in [0.25, 0.3) is 11.2 Å². The Balaban J connectivity index is 1.90. The number of hydrogen-bond acceptors (Lipinski definition) is 5. The Morgan fingerprint density at radius 2 is 2.05 bits per heavy atom. The molecule has 0 bridgehead atoms. The Morgan fingerprint density at radius 1 is 1.35 bits per heavy atom. The van der Waals surface area contributed by atoms with E-state index in [4.69, 9.17) is 10.8 Å². The Kier molecular flexibility index (Phi) is 3.48. The van der Waals surface area contributed by atoms with Crippen LogP contribution in [-0.2, 0) is 4.79 Å². The third-order valence-corrected chi connectivity index (χ3v) is 4.34. The predicted molar refractivity (Wildman–Crippen MR) is 81.1 cm³/mol. The smallest absolute Gasteiger partial charge is 0.306 e. The molecule has 106 valence electrons. The highest BCUT2D eigenvalue weighted by atomic mass is 127. The third-order valence-electron chi connectivity index (χ3n) is 3.86. The van der Waals surface area contributed by atoms with E-state index >= 15 is 0 Å². The van der Waals surface area contributed by atoms with E-state index in [0.29, 0.717) is 28.0 Å². The van der Waals surface area contributed by atoms with E-state index in [0.717, 1.165) is 18.5 Å². The molecule has 1 saturated carbocycles. The van der Waals surface area contributed by atoms with E-state index in [1.165, 1.54) is 0 Å². The molecule has 1 fully saturated rings. The number of nitrogen functional groups attached to an aromatic ring is 1. The Labute approximate surface area is 128 Å². The summed E-state index contributed by atoms with van der Waals surface area (Å²) in [5.74, 6) is -0.529. The Hall–Kier alpha value is -1.45. The average molecular weight is 387 g/mol. The molecule has 7 nitrogen and oxygen atoms in total. The number of hydrogen-bond donors (Lipinski definition) is 2. The van der Waals surface area contributed by atoms with Gasteiger partial charge in [0.05, 0.1) is 12.2 Å². The number of carbonyl (C=O) groups is 1. The first-order valence-corrected chi connectivity index (χ1v) is 7.52. The summed E-state index contributed by atoms with van der Waals surface area (Å²) in [7, 11) is 0. The number of anilines is 1. The number of nitrogens with zero attached hydrogens (tertiary/aromatic N) is 4. The monoisotopic (exact) mass is 387 g/mol. The van der Waals surface area contributed by atoms with Gasteiger partial charge in [-0.25, -0.2) is 15.0 Å². The summed E-state index contributed by atoms with van der Waals surface area (Å²) >= 11 is 2.03. The number of fused-ring (bicyclic) bond motifs is 1. The minimum absolute atomic E-state index is 0.221. The van der Waals surface area contributed by atoms with Crippen molar-refractivity contribution in [3.05, 3.63) is 10.2 Å². The standard InChI is InChI=1S/C12H14IN5O2/c13-12-16-9(14)8-10(17-12)18(5-15-8)7-3-1-6(2-4-7)11(19)20/h5-7H,1-4H2,(H,19,20)(H2,14,16,17). The van der Waals surface area contributed by atoms with Crippen LogP contribution in [0.4, 0.5) is 5.82 Å². The highest BCUT2D eigenvalue weighted by Crippen LogP contribution is 2.34. The number of halogens is 1. The summed E-state index contributed by atoms with van der Waals surface area (Å²) in [6.45, 7) is 0. The fourth-order valence-corrected chi connectivity index (χ4v) is 3.27. The number of carboxylic acids is 1. The zero-order valence-corrected chi connectivity index (χ0v) is 12.8. The number of aromatic nitrogens is 4. The van der Waals surface area contributed by atoms with Gasteiger partial charge >= 0.3 is 5.97 Å². The lowest BCUT2D eigenvalue weighted by Gasteiger charge is -2.27. The van der Waals surface area contributed by atoms with Gasteiger partial charge in [0.2, 0.25) is 0 Å². The van der Waals surface area contributed by atoms with Crippen LogP contribution in [0.3, 0.4) is 0 Å². The molecule has 2 aromatic heterocycles. The summed E-state index contributed by atoms with van der Waals surface area (Å²) in [5, 5.41) is 9.04. The molecule has 20 heavy (non-hydrogen) atoms. The van der Waals surface area contributed by atoms with Gasteiger partial charge in [0, 0.05) is 28.6 Å². The maximum atomic E-state index is 11.0. The van der Waals surface area contributed by atoms with Crippen molar-refractivity contribution < 1.29 is 9.90 Å². The van der Waals surface area contributed by atoms with E-state index in [-0.39, 0.29) is 12.0 Å².